The summed E-state index contributed by atoms with van der Waals surface area (Å²) in [6, 6.07) is 1.83. The third-order valence-electron chi connectivity index (χ3n) is 3.76. The highest BCUT2D eigenvalue weighted by Gasteiger charge is 2.35. The molecule has 124 valence electrons. The number of nitrogens with one attached hydrogen (secondary N) is 1. The van der Waals surface area contributed by atoms with E-state index in [0.29, 0.717) is 11.3 Å². The molecule has 0 fully saturated rings. The molecule has 0 bridgehead atoms. The van der Waals surface area contributed by atoms with Crippen molar-refractivity contribution < 1.29 is 24.2 Å². The molecular formula is C15H17ClN2O5. The molecule has 1 aliphatic heterocycles. The van der Waals surface area contributed by atoms with Gasteiger partial charge in [0.25, 0.3) is 0 Å². The summed E-state index contributed by atoms with van der Waals surface area (Å²) in [4.78, 5) is 25.5. The van der Waals surface area contributed by atoms with Crippen LogP contribution in [0.1, 0.15) is 18.5 Å². The van der Waals surface area contributed by atoms with Crippen molar-refractivity contribution in [3.8, 4) is 11.5 Å². The van der Waals surface area contributed by atoms with Gasteiger partial charge in [-0.05, 0) is 24.6 Å². The molecule has 0 aliphatic carbocycles. The predicted octanol–water partition coefficient (Wildman–Crippen LogP) is 2.20. The number of urea groups is 1. The lowest BCUT2D eigenvalue weighted by Crippen LogP contribution is -2.46. The average Bonchev–Trinajstić information content (AvgIpc) is 2.54. The molecule has 0 unspecified atom stereocenters. The van der Waals surface area contributed by atoms with Crippen molar-refractivity contribution in [1.82, 2.24) is 10.2 Å². The van der Waals surface area contributed by atoms with Crippen LogP contribution in [0.4, 0.5) is 4.79 Å². The van der Waals surface area contributed by atoms with Crippen molar-refractivity contribution >= 4 is 23.6 Å². The van der Waals surface area contributed by atoms with Crippen molar-refractivity contribution in [2.45, 2.75) is 13.0 Å². The molecule has 2 amide bonds. The van der Waals surface area contributed by atoms with Crippen molar-refractivity contribution in [2.24, 2.45) is 0 Å². The second-order valence-electron chi connectivity index (χ2n) is 4.99. The van der Waals surface area contributed by atoms with E-state index in [0.717, 1.165) is 0 Å². The maximum atomic E-state index is 12.1. The Hall–Kier alpha value is -2.41. The minimum atomic E-state index is -0.766. The number of nitrogens with zero attached hydrogens (tertiary/aromatic N) is 1. The van der Waals surface area contributed by atoms with Crippen LogP contribution in [0.25, 0.3) is 0 Å². The maximum Gasteiger partial charge on any atom is 0.337 e. The Morgan fingerprint density at radius 1 is 1.39 bits per heavy atom. The smallest absolute Gasteiger partial charge is 0.337 e. The maximum absolute atomic E-state index is 12.1. The van der Waals surface area contributed by atoms with E-state index in [9.17, 15) is 14.7 Å². The van der Waals surface area contributed by atoms with Crippen molar-refractivity contribution in [3.05, 3.63) is 34.0 Å². The second kappa shape index (κ2) is 6.37. The predicted molar refractivity (Wildman–Crippen MR) is 83.4 cm³/mol. The monoisotopic (exact) mass is 340 g/mol. The zero-order valence-corrected chi connectivity index (χ0v) is 13.9. The Bertz CT molecular complexity index is 701. The largest absolute Gasteiger partial charge is 0.503 e. The number of amides is 2. The van der Waals surface area contributed by atoms with Crippen LogP contribution in [0.15, 0.2) is 23.4 Å². The fourth-order valence-corrected chi connectivity index (χ4v) is 2.60. The van der Waals surface area contributed by atoms with Gasteiger partial charge in [-0.25, -0.2) is 9.59 Å². The van der Waals surface area contributed by atoms with Crippen LogP contribution in [0.3, 0.4) is 0 Å². The molecule has 2 N–H and O–H groups in total. The highest BCUT2D eigenvalue weighted by molar-refractivity contribution is 6.32. The number of carbonyl (C=O) groups excluding carboxylic acids is 2. The zero-order chi connectivity index (χ0) is 17.3. The number of allylic oxidation sites excluding steroid dienone is 1. The molecule has 0 saturated heterocycles. The molecule has 1 aromatic carbocycles. The Morgan fingerprint density at radius 3 is 2.61 bits per heavy atom. The normalized spacial score (nSPS) is 17.9. The first-order valence-electron chi connectivity index (χ1n) is 6.71. The van der Waals surface area contributed by atoms with Crippen molar-refractivity contribution in [3.63, 3.8) is 0 Å². The zero-order valence-electron chi connectivity index (χ0n) is 13.1. The first-order valence-corrected chi connectivity index (χ1v) is 7.09. The molecule has 1 heterocycles. The summed E-state index contributed by atoms with van der Waals surface area (Å²) in [5, 5.41) is 12.6. The summed E-state index contributed by atoms with van der Waals surface area (Å²) in [6.07, 6.45) is 0. The number of hydrogen-bond acceptors (Lipinski definition) is 5. The van der Waals surface area contributed by atoms with E-state index in [1.807, 2.05) is 0 Å². The lowest BCUT2D eigenvalue weighted by atomic mass is 9.94. The molecular weight excluding hydrogens is 324 g/mol. The first-order chi connectivity index (χ1) is 10.8. The van der Waals surface area contributed by atoms with Gasteiger partial charge in [0.05, 0.1) is 30.9 Å². The lowest BCUT2D eigenvalue weighted by Gasteiger charge is -2.33. The summed E-state index contributed by atoms with van der Waals surface area (Å²) in [5.74, 6) is -0.637. The number of benzene rings is 1. The quantitative estimate of drug-likeness (QED) is 0.823. The number of carbonyl (C=O) groups is 2. The molecule has 0 saturated carbocycles. The number of rotatable bonds is 3. The third kappa shape index (κ3) is 2.92. The molecule has 0 spiro atoms. The van der Waals surface area contributed by atoms with E-state index < -0.39 is 12.0 Å². The summed E-state index contributed by atoms with van der Waals surface area (Å²) in [5.41, 5.74) is 1.23. The van der Waals surface area contributed by atoms with Crippen LogP contribution in [-0.2, 0) is 9.53 Å². The van der Waals surface area contributed by atoms with Crippen LogP contribution in [0, 0.1) is 0 Å². The van der Waals surface area contributed by atoms with Crippen LogP contribution >= 0.6 is 11.6 Å². The van der Waals surface area contributed by atoms with Crippen LogP contribution in [0.2, 0.25) is 5.02 Å². The van der Waals surface area contributed by atoms with Gasteiger partial charge in [-0.2, -0.15) is 0 Å². The van der Waals surface area contributed by atoms with Gasteiger partial charge in [0.1, 0.15) is 0 Å². The first kappa shape index (κ1) is 17.0. The molecule has 0 aromatic heterocycles. The fourth-order valence-electron chi connectivity index (χ4n) is 2.38. The number of methoxy groups -OCH3 is 2. The van der Waals surface area contributed by atoms with Gasteiger partial charge in [-0.3, -0.25) is 0 Å². The van der Waals surface area contributed by atoms with Crippen molar-refractivity contribution in [1.29, 1.82) is 0 Å². The number of hydrogen-bond donors (Lipinski definition) is 2. The number of halogens is 1. The molecule has 7 nitrogen and oxygen atoms in total. The summed E-state index contributed by atoms with van der Waals surface area (Å²) < 4.78 is 9.88. The van der Waals surface area contributed by atoms with E-state index >= 15 is 0 Å². The molecule has 1 aromatic rings. The highest BCUT2D eigenvalue weighted by atomic mass is 35.5. The highest BCUT2D eigenvalue weighted by Crippen LogP contribution is 2.39. The molecule has 1 atom stereocenters. The van der Waals surface area contributed by atoms with Crippen molar-refractivity contribution in [2.75, 3.05) is 21.3 Å². The number of ether oxygens (including phenoxy) is 2. The van der Waals surface area contributed by atoms with Crippen LogP contribution in [0.5, 0.6) is 11.5 Å². The van der Waals surface area contributed by atoms with Gasteiger partial charge >= 0.3 is 12.0 Å². The van der Waals surface area contributed by atoms with Gasteiger partial charge in [0.2, 0.25) is 0 Å². The minimum Gasteiger partial charge on any atom is -0.503 e. The Balaban J connectivity index is 2.62. The SMILES string of the molecule is COC(=O)C1=C(C)N(C)C(=O)N[C@H]1c1cc(Cl)c(O)c(OC)c1. The lowest BCUT2D eigenvalue weighted by molar-refractivity contribution is -0.136. The topological polar surface area (TPSA) is 88.1 Å². The molecule has 2 rings (SSSR count). The minimum absolute atomic E-state index is 0.0504. The van der Waals surface area contributed by atoms with Gasteiger partial charge in [-0.1, -0.05) is 11.6 Å². The van der Waals surface area contributed by atoms with Crippen LogP contribution in [-0.4, -0.2) is 43.3 Å². The Kier molecular flexibility index (Phi) is 4.70. The molecule has 23 heavy (non-hydrogen) atoms. The van der Waals surface area contributed by atoms with E-state index in [2.05, 4.69) is 5.32 Å². The summed E-state index contributed by atoms with van der Waals surface area (Å²) >= 11 is 5.99. The summed E-state index contributed by atoms with van der Waals surface area (Å²) in [6.45, 7) is 1.65. The second-order valence-corrected chi connectivity index (χ2v) is 5.39. The summed E-state index contributed by atoms with van der Waals surface area (Å²) in [7, 11) is 4.19. The number of aromatic hydroxyl groups is 1. The molecule has 1 aliphatic rings. The molecule has 8 heteroatoms. The van der Waals surface area contributed by atoms with Gasteiger partial charge in [-0.15, -0.1) is 0 Å². The van der Waals surface area contributed by atoms with E-state index in [4.69, 9.17) is 21.1 Å². The fraction of sp³-hybridized carbons (Fsp3) is 0.333. The van der Waals surface area contributed by atoms with E-state index in [-0.39, 0.29) is 28.1 Å². The van der Waals surface area contributed by atoms with E-state index in [1.54, 1.807) is 14.0 Å². The third-order valence-corrected chi connectivity index (χ3v) is 4.05. The average molecular weight is 341 g/mol. The Morgan fingerprint density at radius 2 is 2.04 bits per heavy atom. The molecule has 0 radical (unpaired) electrons. The van der Waals surface area contributed by atoms with Gasteiger partial charge in [0, 0.05) is 12.7 Å². The number of phenolic OH excluding ortho intramolecular Hbond substituents is 1. The standard InChI is InChI=1S/C15H17ClN2O5/c1-7-11(14(20)23-4)12(17-15(21)18(7)2)8-5-9(16)13(19)10(6-8)22-3/h5-6,12,19H,1-4H3,(H,17,21)/t12-/m0/s1. The van der Waals surface area contributed by atoms with Gasteiger partial charge < -0.3 is 24.8 Å². The Labute approximate surface area is 138 Å². The van der Waals surface area contributed by atoms with Gasteiger partial charge in [0.15, 0.2) is 11.5 Å². The van der Waals surface area contributed by atoms with E-state index in [1.165, 1.54) is 31.3 Å². The number of esters is 1. The van der Waals surface area contributed by atoms with Crippen LogP contribution < -0.4 is 10.1 Å². The number of phenols is 1.